The third-order valence-corrected chi connectivity index (χ3v) is 2.79. The molecule has 0 spiro atoms. The molecule has 2 heterocycles. The van der Waals surface area contributed by atoms with Gasteiger partial charge in [0.05, 0.1) is 18.8 Å². The number of methoxy groups -OCH3 is 1. The number of rotatable bonds is 2. The van der Waals surface area contributed by atoms with Gasteiger partial charge in [0.2, 0.25) is 0 Å². The molecule has 0 aliphatic rings. The molecule has 0 N–H and O–H groups in total. The summed E-state index contributed by atoms with van der Waals surface area (Å²) in [4.78, 5) is 8.52. The molecule has 3 aromatic rings. The van der Waals surface area contributed by atoms with Gasteiger partial charge in [-0.1, -0.05) is 18.2 Å². The van der Waals surface area contributed by atoms with E-state index in [2.05, 4.69) is 15.1 Å². The Bertz CT molecular complexity index is 705. The van der Waals surface area contributed by atoms with Gasteiger partial charge < -0.3 is 4.74 Å². The van der Waals surface area contributed by atoms with E-state index < -0.39 is 0 Å². The summed E-state index contributed by atoms with van der Waals surface area (Å²) in [5, 5.41) is 5.17. The fourth-order valence-electron chi connectivity index (χ4n) is 1.93. The van der Waals surface area contributed by atoms with Crippen molar-refractivity contribution in [3.8, 4) is 17.1 Å². The van der Waals surface area contributed by atoms with E-state index in [0.717, 1.165) is 22.0 Å². The third-order valence-electron chi connectivity index (χ3n) is 2.79. The molecule has 3 rings (SSSR count). The lowest BCUT2D eigenvalue weighted by Gasteiger charge is -2.04. The van der Waals surface area contributed by atoms with Gasteiger partial charge in [-0.3, -0.25) is 4.68 Å². The van der Waals surface area contributed by atoms with E-state index in [1.54, 1.807) is 18.0 Å². The molecular formula is C13H12N4O. The number of fused-ring (bicyclic) bond motifs is 1. The Hall–Kier alpha value is -2.43. The second kappa shape index (κ2) is 4.10. The van der Waals surface area contributed by atoms with E-state index in [9.17, 15) is 0 Å². The predicted molar refractivity (Wildman–Crippen MR) is 68.3 cm³/mol. The standard InChI is InChI=1S/C13H12N4O/c1-17-8-10(7-15-17)11-5-3-4-9-6-14-13(18-2)16-12(9)11/h3-8H,1-2H3. The molecule has 1 aromatic carbocycles. The van der Waals surface area contributed by atoms with Crippen LogP contribution in [0.1, 0.15) is 0 Å². The number of hydrogen-bond donors (Lipinski definition) is 0. The molecule has 0 fully saturated rings. The van der Waals surface area contributed by atoms with E-state index in [4.69, 9.17) is 4.74 Å². The van der Waals surface area contributed by atoms with Crippen LogP contribution in [-0.4, -0.2) is 26.9 Å². The minimum absolute atomic E-state index is 0.374. The predicted octanol–water partition coefficient (Wildman–Crippen LogP) is 2.04. The average Bonchev–Trinajstić information content (AvgIpc) is 2.84. The van der Waals surface area contributed by atoms with Crippen LogP contribution in [-0.2, 0) is 7.05 Å². The minimum Gasteiger partial charge on any atom is -0.467 e. The first-order valence-electron chi connectivity index (χ1n) is 5.57. The quantitative estimate of drug-likeness (QED) is 0.687. The van der Waals surface area contributed by atoms with Crippen LogP contribution >= 0.6 is 0 Å². The van der Waals surface area contributed by atoms with Crippen LogP contribution < -0.4 is 4.74 Å². The van der Waals surface area contributed by atoms with Crippen LogP contribution in [0, 0.1) is 0 Å². The monoisotopic (exact) mass is 240 g/mol. The highest BCUT2D eigenvalue weighted by Gasteiger charge is 2.08. The Morgan fingerprint density at radius 1 is 1.22 bits per heavy atom. The van der Waals surface area contributed by atoms with Gasteiger partial charge in [0.1, 0.15) is 0 Å². The number of ether oxygens (including phenoxy) is 1. The second-order valence-corrected chi connectivity index (χ2v) is 4.00. The zero-order chi connectivity index (χ0) is 12.5. The lowest BCUT2D eigenvalue weighted by Crippen LogP contribution is -1.93. The number of para-hydroxylation sites is 1. The lowest BCUT2D eigenvalue weighted by molar-refractivity contribution is 0.382. The van der Waals surface area contributed by atoms with Gasteiger partial charge in [-0.05, 0) is 0 Å². The first-order chi connectivity index (χ1) is 8.78. The van der Waals surface area contributed by atoms with Crippen LogP contribution in [0.25, 0.3) is 22.0 Å². The zero-order valence-electron chi connectivity index (χ0n) is 10.2. The summed E-state index contributed by atoms with van der Waals surface area (Å²) in [7, 11) is 3.46. The number of hydrogen-bond acceptors (Lipinski definition) is 4. The number of benzene rings is 1. The number of aromatic nitrogens is 4. The molecule has 0 saturated heterocycles. The molecule has 0 radical (unpaired) electrons. The van der Waals surface area contributed by atoms with Gasteiger partial charge in [0.25, 0.3) is 0 Å². The number of aryl methyl sites for hydroxylation is 1. The van der Waals surface area contributed by atoms with Crippen LogP contribution in [0.15, 0.2) is 36.8 Å². The van der Waals surface area contributed by atoms with Crippen molar-refractivity contribution in [3.05, 3.63) is 36.8 Å². The summed E-state index contributed by atoms with van der Waals surface area (Å²) in [6, 6.07) is 6.36. The maximum atomic E-state index is 5.08. The van der Waals surface area contributed by atoms with Crippen molar-refractivity contribution in [3.63, 3.8) is 0 Å². The van der Waals surface area contributed by atoms with Gasteiger partial charge in [-0.25, -0.2) is 4.98 Å². The summed E-state index contributed by atoms with van der Waals surface area (Å²) in [5.74, 6) is 0. The van der Waals surface area contributed by atoms with E-state index in [1.165, 1.54) is 0 Å². The van der Waals surface area contributed by atoms with Crippen molar-refractivity contribution >= 4 is 10.9 Å². The summed E-state index contributed by atoms with van der Waals surface area (Å²) >= 11 is 0. The molecule has 5 heteroatoms. The van der Waals surface area contributed by atoms with E-state index in [0.29, 0.717) is 6.01 Å². The molecule has 0 amide bonds. The normalized spacial score (nSPS) is 10.8. The van der Waals surface area contributed by atoms with Crippen molar-refractivity contribution < 1.29 is 4.74 Å². The Morgan fingerprint density at radius 2 is 2.11 bits per heavy atom. The summed E-state index contributed by atoms with van der Waals surface area (Å²) < 4.78 is 6.85. The SMILES string of the molecule is COc1ncc2cccc(-c3cnn(C)c3)c2n1. The highest BCUT2D eigenvalue weighted by molar-refractivity contribution is 5.93. The van der Waals surface area contributed by atoms with Crippen LogP contribution in [0.2, 0.25) is 0 Å². The Morgan fingerprint density at radius 3 is 2.83 bits per heavy atom. The molecule has 18 heavy (non-hydrogen) atoms. The van der Waals surface area contributed by atoms with Crippen molar-refractivity contribution in [1.82, 2.24) is 19.7 Å². The summed E-state index contributed by atoms with van der Waals surface area (Å²) in [6.45, 7) is 0. The van der Waals surface area contributed by atoms with E-state index in [1.807, 2.05) is 37.6 Å². The molecule has 0 aliphatic heterocycles. The lowest BCUT2D eigenvalue weighted by atomic mass is 10.1. The van der Waals surface area contributed by atoms with Crippen LogP contribution in [0.4, 0.5) is 0 Å². The van der Waals surface area contributed by atoms with Crippen molar-refractivity contribution in [2.45, 2.75) is 0 Å². The Kier molecular flexibility index (Phi) is 2.44. The van der Waals surface area contributed by atoms with E-state index >= 15 is 0 Å². The smallest absolute Gasteiger partial charge is 0.316 e. The Labute approximate surface area is 104 Å². The molecule has 90 valence electrons. The largest absolute Gasteiger partial charge is 0.467 e. The van der Waals surface area contributed by atoms with E-state index in [-0.39, 0.29) is 0 Å². The fourth-order valence-corrected chi connectivity index (χ4v) is 1.93. The van der Waals surface area contributed by atoms with Gasteiger partial charge >= 0.3 is 6.01 Å². The molecule has 2 aromatic heterocycles. The van der Waals surface area contributed by atoms with Crippen molar-refractivity contribution in [2.24, 2.45) is 7.05 Å². The highest BCUT2D eigenvalue weighted by atomic mass is 16.5. The van der Waals surface area contributed by atoms with Gasteiger partial charge in [-0.2, -0.15) is 10.1 Å². The molecule has 0 atom stereocenters. The van der Waals surface area contributed by atoms with Crippen molar-refractivity contribution in [2.75, 3.05) is 7.11 Å². The maximum Gasteiger partial charge on any atom is 0.316 e. The van der Waals surface area contributed by atoms with Crippen LogP contribution in [0.5, 0.6) is 6.01 Å². The molecule has 5 nitrogen and oxygen atoms in total. The maximum absolute atomic E-state index is 5.08. The van der Waals surface area contributed by atoms with Gasteiger partial charge in [0, 0.05) is 36.0 Å². The Balaban J connectivity index is 2.28. The first-order valence-corrected chi connectivity index (χ1v) is 5.57. The van der Waals surface area contributed by atoms with Crippen LogP contribution in [0.3, 0.4) is 0 Å². The third kappa shape index (κ3) is 1.69. The first kappa shape index (κ1) is 10.7. The second-order valence-electron chi connectivity index (χ2n) is 4.00. The summed E-state index contributed by atoms with van der Waals surface area (Å²) in [5.41, 5.74) is 2.93. The molecule has 0 bridgehead atoms. The molecule has 0 unspecified atom stereocenters. The van der Waals surface area contributed by atoms with Crippen molar-refractivity contribution in [1.29, 1.82) is 0 Å². The molecule has 0 saturated carbocycles. The highest BCUT2D eigenvalue weighted by Crippen LogP contribution is 2.27. The van der Waals surface area contributed by atoms with Gasteiger partial charge in [0.15, 0.2) is 0 Å². The topological polar surface area (TPSA) is 52.8 Å². The zero-order valence-corrected chi connectivity index (χ0v) is 10.2. The summed E-state index contributed by atoms with van der Waals surface area (Å²) in [6.07, 6.45) is 5.55. The number of nitrogens with zero attached hydrogens (tertiary/aromatic N) is 4. The average molecular weight is 240 g/mol. The van der Waals surface area contributed by atoms with Gasteiger partial charge in [-0.15, -0.1) is 0 Å². The molecular weight excluding hydrogens is 228 g/mol. The fraction of sp³-hybridized carbons (Fsp3) is 0.154. The minimum atomic E-state index is 0.374. The molecule has 0 aliphatic carbocycles.